The van der Waals surface area contributed by atoms with Gasteiger partial charge < -0.3 is 10.4 Å². The van der Waals surface area contributed by atoms with Crippen LogP contribution in [0.3, 0.4) is 0 Å². The topological polar surface area (TPSA) is 58.0 Å². The molecule has 1 saturated carbocycles. The zero-order valence-corrected chi connectivity index (χ0v) is 9.03. The first-order valence-electron chi connectivity index (χ1n) is 5.43. The third-order valence-corrected chi connectivity index (χ3v) is 3.05. The summed E-state index contributed by atoms with van der Waals surface area (Å²) in [4.78, 5) is 0. The highest BCUT2D eigenvalue weighted by Crippen LogP contribution is 2.31. The van der Waals surface area contributed by atoms with Gasteiger partial charge in [0.15, 0.2) is 0 Å². The van der Waals surface area contributed by atoms with E-state index in [0.29, 0.717) is 0 Å². The van der Waals surface area contributed by atoms with E-state index in [4.69, 9.17) is 0 Å². The van der Waals surface area contributed by atoms with Gasteiger partial charge in [-0.1, -0.05) is 12.8 Å². The molecule has 1 fully saturated rings. The van der Waals surface area contributed by atoms with Gasteiger partial charge in [0, 0.05) is 0 Å². The molecule has 0 bridgehead atoms. The lowest BCUT2D eigenvalue weighted by atomic mass is 9.99. The molecule has 0 unspecified atom stereocenters. The van der Waals surface area contributed by atoms with Crippen molar-refractivity contribution in [1.29, 1.82) is 0 Å². The number of aryl methyl sites for hydroxylation is 1. The molecule has 0 radical (unpaired) electrons. The summed E-state index contributed by atoms with van der Waals surface area (Å²) >= 11 is 0. The minimum absolute atomic E-state index is 0.163. The normalized spacial score (nSPS) is 19.1. The highest BCUT2D eigenvalue weighted by atomic mass is 16.3. The van der Waals surface area contributed by atoms with Crippen molar-refractivity contribution >= 4 is 5.82 Å². The Labute approximate surface area is 89.7 Å². The minimum atomic E-state index is -0.163. The first-order chi connectivity index (χ1) is 7.24. The van der Waals surface area contributed by atoms with E-state index in [1.165, 1.54) is 12.8 Å². The van der Waals surface area contributed by atoms with Gasteiger partial charge in [-0.2, -0.15) is 5.10 Å². The van der Waals surface area contributed by atoms with E-state index in [1.54, 1.807) is 0 Å². The molecule has 2 N–H and O–H groups in total. The maximum atomic E-state index is 9.42. The summed E-state index contributed by atoms with van der Waals surface area (Å²) in [5, 5.41) is 20.8. The maximum absolute atomic E-state index is 9.42. The Morgan fingerprint density at radius 1 is 1.33 bits per heavy atom. The summed E-state index contributed by atoms with van der Waals surface area (Å²) < 4.78 is 0. The molecule has 15 heavy (non-hydrogen) atoms. The van der Waals surface area contributed by atoms with Crippen molar-refractivity contribution in [2.45, 2.75) is 38.1 Å². The molecular weight excluding hydrogens is 190 g/mol. The molecule has 0 aliphatic heterocycles. The number of anilines is 1. The zero-order valence-electron chi connectivity index (χ0n) is 9.03. The van der Waals surface area contributed by atoms with Crippen molar-refractivity contribution in [2.75, 3.05) is 11.9 Å². The molecule has 0 saturated heterocycles. The van der Waals surface area contributed by atoms with Crippen LogP contribution in [0, 0.1) is 6.92 Å². The molecule has 1 aliphatic rings. The molecule has 1 aromatic rings. The van der Waals surface area contributed by atoms with Gasteiger partial charge in [0.2, 0.25) is 0 Å². The van der Waals surface area contributed by atoms with E-state index in [0.717, 1.165) is 24.4 Å². The van der Waals surface area contributed by atoms with Crippen LogP contribution in [0.2, 0.25) is 0 Å². The van der Waals surface area contributed by atoms with Crippen molar-refractivity contribution < 1.29 is 5.11 Å². The lowest BCUT2D eigenvalue weighted by Gasteiger charge is -2.28. The van der Waals surface area contributed by atoms with Crippen molar-refractivity contribution in [1.82, 2.24) is 10.2 Å². The second-order valence-corrected chi connectivity index (χ2v) is 4.33. The standard InChI is InChI=1S/C11H17N3O/c1-9-4-5-10(14-13-9)12-11(8-15)6-2-3-7-11/h4-5,15H,2-3,6-8H2,1H3,(H,12,14). The van der Waals surface area contributed by atoms with Gasteiger partial charge in [-0.25, -0.2) is 0 Å². The van der Waals surface area contributed by atoms with Crippen molar-refractivity contribution in [2.24, 2.45) is 0 Å². The average molecular weight is 207 g/mol. The fraction of sp³-hybridized carbons (Fsp3) is 0.636. The van der Waals surface area contributed by atoms with Gasteiger partial charge in [0.25, 0.3) is 0 Å². The molecule has 0 atom stereocenters. The largest absolute Gasteiger partial charge is 0.394 e. The lowest BCUT2D eigenvalue weighted by Crippen LogP contribution is -2.39. The number of aromatic nitrogens is 2. The second-order valence-electron chi connectivity index (χ2n) is 4.33. The molecule has 82 valence electrons. The fourth-order valence-corrected chi connectivity index (χ4v) is 2.11. The van der Waals surface area contributed by atoms with E-state index >= 15 is 0 Å². The van der Waals surface area contributed by atoms with Crippen molar-refractivity contribution in [3.05, 3.63) is 17.8 Å². The Morgan fingerprint density at radius 3 is 2.60 bits per heavy atom. The first kappa shape index (κ1) is 10.4. The highest BCUT2D eigenvalue weighted by Gasteiger charge is 2.33. The van der Waals surface area contributed by atoms with E-state index < -0.39 is 0 Å². The molecule has 0 amide bonds. The quantitative estimate of drug-likeness (QED) is 0.788. The average Bonchev–Trinajstić information content (AvgIpc) is 2.71. The first-order valence-corrected chi connectivity index (χ1v) is 5.43. The van der Waals surface area contributed by atoms with Gasteiger partial charge in [0.1, 0.15) is 5.82 Å². The van der Waals surface area contributed by atoms with Gasteiger partial charge >= 0.3 is 0 Å². The minimum Gasteiger partial charge on any atom is -0.394 e. The van der Waals surface area contributed by atoms with Crippen molar-refractivity contribution in [3.8, 4) is 0 Å². The Hall–Kier alpha value is -1.16. The van der Waals surface area contributed by atoms with Gasteiger partial charge in [0.05, 0.1) is 17.8 Å². The molecule has 1 aromatic heterocycles. The summed E-state index contributed by atoms with van der Waals surface area (Å²) in [6.45, 7) is 2.08. The van der Waals surface area contributed by atoms with Crippen LogP contribution in [0.1, 0.15) is 31.4 Å². The smallest absolute Gasteiger partial charge is 0.149 e. The van der Waals surface area contributed by atoms with Crippen LogP contribution in [0.4, 0.5) is 5.82 Å². The van der Waals surface area contributed by atoms with Gasteiger partial charge in [-0.05, 0) is 31.9 Å². The zero-order chi connectivity index (χ0) is 10.7. The van der Waals surface area contributed by atoms with Crippen LogP contribution in [0.25, 0.3) is 0 Å². The monoisotopic (exact) mass is 207 g/mol. The SMILES string of the molecule is Cc1ccc(NC2(CO)CCCC2)nn1. The third kappa shape index (κ3) is 2.26. The highest BCUT2D eigenvalue weighted by molar-refractivity contribution is 5.37. The molecule has 2 rings (SSSR count). The third-order valence-electron chi connectivity index (χ3n) is 3.05. The van der Waals surface area contributed by atoms with Crippen molar-refractivity contribution in [3.63, 3.8) is 0 Å². The molecule has 4 heteroatoms. The maximum Gasteiger partial charge on any atom is 0.149 e. The predicted molar refractivity (Wildman–Crippen MR) is 58.7 cm³/mol. The van der Waals surface area contributed by atoms with Gasteiger partial charge in [-0.15, -0.1) is 5.10 Å². The number of rotatable bonds is 3. The molecule has 1 aliphatic carbocycles. The van der Waals surface area contributed by atoms with Crippen LogP contribution in [0.15, 0.2) is 12.1 Å². The summed E-state index contributed by atoms with van der Waals surface area (Å²) in [6.07, 6.45) is 4.37. The number of nitrogens with one attached hydrogen (secondary N) is 1. The number of hydrogen-bond acceptors (Lipinski definition) is 4. The number of aliphatic hydroxyl groups is 1. The van der Waals surface area contributed by atoms with Crippen LogP contribution >= 0.6 is 0 Å². The van der Waals surface area contributed by atoms with E-state index in [2.05, 4.69) is 15.5 Å². The fourth-order valence-electron chi connectivity index (χ4n) is 2.11. The van der Waals surface area contributed by atoms with Gasteiger partial charge in [-0.3, -0.25) is 0 Å². The van der Waals surface area contributed by atoms with E-state index in [1.807, 2.05) is 19.1 Å². The Kier molecular flexibility index (Phi) is 2.86. The van der Waals surface area contributed by atoms with E-state index in [-0.39, 0.29) is 12.1 Å². The lowest BCUT2D eigenvalue weighted by molar-refractivity contribution is 0.213. The van der Waals surface area contributed by atoms with Crippen LogP contribution in [0.5, 0.6) is 0 Å². The number of hydrogen-bond donors (Lipinski definition) is 2. The molecule has 0 aromatic carbocycles. The summed E-state index contributed by atoms with van der Waals surface area (Å²) in [5.41, 5.74) is 0.745. The molecule has 1 heterocycles. The summed E-state index contributed by atoms with van der Waals surface area (Å²) in [7, 11) is 0. The summed E-state index contributed by atoms with van der Waals surface area (Å²) in [6, 6.07) is 3.84. The molecule has 4 nitrogen and oxygen atoms in total. The van der Waals surface area contributed by atoms with Crippen LogP contribution < -0.4 is 5.32 Å². The summed E-state index contributed by atoms with van der Waals surface area (Å²) in [5.74, 6) is 0.761. The Morgan fingerprint density at radius 2 is 2.07 bits per heavy atom. The van der Waals surface area contributed by atoms with Crippen LogP contribution in [-0.2, 0) is 0 Å². The van der Waals surface area contributed by atoms with E-state index in [9.17, 15) is 5.11 Å². The second kappa shape index (κ2) is 4.14. The molecule has 0 spiro atoms. The number of nitrogens with zero attached hydrogens (tertiary/aromatic N) is 2. The Balaban J connectivity index is 2.09. The number of aliphatic hydroxyl groups excluding tert-OH is 1. The van der Waals surface area contributed by atoms with Crippen LogP contribution in [-0.4, -0.2) is 27.4 Å². The molecular formula is C11H17N3O. The Bertz CT molecular complexity index is 317. The predicted octanol–water partition coefficient (Wildman–Crippen LogP) is 1.50.